The summed E-state index contributed by atoms with van der Waals surface area (Å²) < 4.78 is 36.4. The Bertz CT molecular complexity index is 214. The Kier molecular flexibility index (Phi) is 3.48. The van der Waals surface area contributed by atoms with Crippen molar-refractivity contribution >= 4 is 5.97 Å². The van der Waals surface area contributed by atoms with Crippen LogP contribution in [0.5, 0.6) is 0 Å². The first kappa shape index (κ1) is 12.0. The molecule has 0 rings (SSSR count). The summed E-state index contributed by atoms with van der Waals surface area (Å²) in [6.07, 6.45) is -4.55. The molecule has 0 amide bonds. The van der Waals surface area contributed by atoms with Gasteiger partial charge in [-0.3, -0.25) is 0 Å². The Morgan fingerprint density at radius 3 is 2.23 bits per heavy atom. The number of hydrogen-bond donors (Lipinski definition) is 2. The predicted octanol–water partition coefficient (Wildman–Crippen LogP) is 1.30. The van der Waals surface area contributed by atoms with Crippen LogP contribution in [0.3, 0.4) is 0 Å². The number of aliphatic carboxylic acids is 1. The zero-order valence-corrected chi connectivity index (χ0v) is 6.77. The van der Waals surface area contributed by atoms with E-state index in [1.807, 2.05) is 0 Å². The predicted molar refractivity (Wildman–Crippen MR) is 40.0 cm³/mol. The Morgan fingerprint density at radius 2 is 2.00 bits per heavy atom. The third-order valence-corrected chi connectivity index (χ3v) is 1.63. The number of carbonyl (C=O) groups is 1. The Hall–Kier alpha value is -1.04. The second kappa shape index (κ2) is 3.78. The van der Waals surface area contributed by atoms with Crippen LogP contribution in [-0.4, -0.2) is 22.8 Å². The van der Waals surface area contributed by atoms with Crippen molar-refractivity contribution in [3.63, 3.8) is 0 Å². The summed E-state index contributed by atoms with van der Waals surface area (Å²) in [5.41, 5.74) is 1.57. The van der Waals surface area contributed by atoms with Crippen LogP contribution in [0.1, 0.15) is 12.8 Å². The summed E-state index contributed by atoms with van der Waals surface area (Å²) in [7, 11) is 0. The zero-order valence-electron chi connectivity index (χ0n) is 6.77. The lowest BCUT2D eigenvalue weighted by molar-refractivity contribution is -0.203. The van der Waals surface area contributed by atoms with Crippen LogP contribution in [0.15, 0.2) is 12.7 Å². The molecule has 0 saturated carbocycles. The van der Waals surface area contributed by atoms with Crippen LogP contribution in [-0.2, 0) is 4.79 Å². The molecule has 3 N–H and O–H groups in total. The van der Waals surface area contributed by atoms with Crippen molar-refractivity contribution in [2.24, 2.45) is 5.73 Å². The van der Waals surface area contributed by atoms with Crippen molar-refractivity contribution in [2.45, 2.75) is 24.6 Å². The number of carboxylic acids is 1. The molecule has 0 aromatic rings. The molecule has 76 valence electrons. The highest BCUT2D eigenvalue weighted by Gasteiger charge is 2.57. The summed E-state index contributed by atoms with van der Waals surface area (Å²) in [5.74, 6) is -2.07. The smallest absolute Gasteiger partial charge is 0.417 e. The van der Waals surface area contributed by atoms with Gasteiger partial charge in [0.1, 0.15) is 0 Å². The molecule has 0 fully saturated rings. The van der Waals surface area contributed by atoms with E-state index < -0.39 is 24.1 Å². The van der Waals surface area contributed by atoms with Gasteiger partial charge in [0, 0.05) is 0 Å². The maximum atomic E-state index is 12.1. The largest absolute Gasteiger partial charge is 0.480 e. The summed E-state index contributed by atoms with van der Waals surface area (Å²) in [6.45, 7) is 3.19. The standard InChI is InChI=1S/C7H10F3NO2/c1-2-3-4-6(11,5(12)13)7(8,9)10/h2H,1,3-4,11H2,(H,12,13)/t6-/m0/s1. The van der Waals surface area contributed by atoms with E-state index in [9.17, 15) is 18.0 Å². The molecule has 0 heterocycles. The van der Waals surface area contributed by atoms with Gasteiger partial charge in [0.05, 0.1) is 0 Å². The van der Waals surface area contributed by atoms with E-state index in [0.717, 1.165) is 0 Å². The molecule has 0 aliphatic rings. The third-order valence-electron chi connectivity index (χ3n) is 1.63. The van der Waals surface area contributed by atoms with Gasteiger partial charge >= 0.3 is 12.1 Å². The van der Waals surface area contributed by atoms with Crippen molar-refractivity contribution in [1.29, 1.82) is 0 Å². The second-order valence-corrected chi connectivity index (χ2v) is 2.60. The average Bonchev–Trinajstić information content (AvgIpc) is 1.97. The van der Waals surface area contributed by atoms with Gasteiger partial charge in [-0.15, -0.1) is 6.58 Å². The van der Waals surface area contributed by atoms with Crippen molar-refractivity contribution in [2.75, 3.05) is 0 Å². The van der Waals surface area contributed by atoms with E-state index in [4.69, 9.17) is 10.8 Å². The highest BCUT2D eigenvalue weighted by Crippen LogP contribution is 2.32. The molecule has 0 bridgehead atoms. The lowest BCUT2D eigenvalue weighted by Crippen LogP contribution is -2.59. The second-order valence-electron chi connectivity index (χ2n) is 2.60. The number of rotatable bonds is 4. The van der Waals surface area contributed by atoms with E-state index >= 15 is 0 Å². The molecular weight excluding hydrogens is 187 g/mol. The zero-order chi connectivity index (χ0) is 10.7. The number of nitrogens with two attached hydrogens (primary N) is 1. The first-order chi connectivity index (χ1) is 5.75. The SMILES string of the molecule is C=CCC[C@](N)(C(=O)O)C(F)(F)F. The van der Waals surface area contributed by atoms with E-state index in [1.54, 1.807) is 0 Å². The highest BCUT2D eigenvalue weighted by atomic mass is 19.4. The van der Waals surface area contributed by atoms with Crippen LogP contribution in [0.4, 0.5) is 13.2 Å². The molecule has 0 aliphatic carbocycles. The third kappa shape index (κ3) is 2.45. The van der Waals surface area contributed by atoms with Crippen LogP contribution in [0.25, 0.3) is 0 Å². The maximum absolute atomic E-state index is 12.1. The summed E-state index contributed by atoms with van der Waals surface area (Å²) in [4.78, 5) is 10.3. The van der Waals surface area contributed by atoms with Gasteiger partial charge in [0.15, 0.2) is 0 Å². The number of hydrogen-bond acceptors (Lipinski definition) is 2. The molecule has 0 spiro atoms. The molecule has 6 heteroatoms. The van der Waals surface area contributed by atoms with Gasteiger partial charge < -0.3 is 10.8 Å². The number of halogens is 3. The topological polar surface area (TPSA) is 63.3 Å². The summed E-state index contributed by atoms with van der Waals surface area (Å²) in [6, 6.07) is 0. The minimum absolute atomic E-state index is 0.0949. The lowest BCUT2D eigenvalue weighted by atomic mass is 9.94. The van der Waals surface area contributed by atoms with Gasteiger partial charge in [-0.05, 0) is 12.8 Å². The van der Waals surface area contributed by atoms with Crippen LogP contribution >= 0.6 is 0 Å². The van der Waals surface area contributed by atoms with Crippen molar-refractivity contribution in [3.8, 4) is 0 Å². The molecule has 3 nitrogen and oxygen atoms in total. The Balaban J connectivity index is 4.73. The number of allylic oxidation sites excluding steroid dienone is 1. The number of alkyl halides is 3. The van der Waals surface area contributed by atoms with Crippen molar-refractivity contribution in [3.05, 3.63) is 12.7 Å². The van der Waals surface area contributed by atoms with Crippen LogP contribution < -0.4 is 5.73 Å². The monoisotopic (exact) mass is 197 g/mol. The first-order valence-corrected chi connectivity index (χ1v) is 3.45. The van der Waals surface area contributed by atoms with E-state index in [1.165, 1.54) is 6.08 Å². The fraction of sp³-hybridized carbons (Fsp3) is 0.571. The van der Waals surface area contributed by atoms with Gasteiger partial charge in [-0.2, -0.15) is 13.2 Å². The van der Waals surface area contributed by atoms with Gasteiger partial charge in [0.25, 0.3) is 0 Å². The Labute approximate surface area is 73.0 Å². The van der Waals surface area contributed by atoms with Crippen molar-refractivity contribution in [1.82, 2.24) is 0 Å². The maximum Gasteiger partial charge on any atom is 0.417 e. The van der Waals surface area contributed by atoms with Crippen LogP contribution in [0.2, 0.25) is 0 Å². The number of carboxylic acid groups (broad SMARTS) is 1. The molecule has 0 aromatic heterocycles. The van der Waals surface area contributed by atoms with E-state index in [0.29, 0.717) is 0 Å². The minimum Gasteiger partial charge on any atom is -0.480 e. The fourth-order valence-electron chi connectivity index (χ4n) is 0.700. The lowest BCUT2D eigenvalue weighted by Gasteiger charge is -2.26. The van der Waals surface area contributed by atoms with E-state index in [2.05, 4.69) is 6.58 Å². The normalized spacial score (nSPS) is 16.3. The fourth-order valence-corrected chi connectivity index (χ4v) is 0.700. The van der Waals surface area contributed by atoms with Gasteiger partial charge in [0.2, 0.25) is 5.54 Å². The minimum atomic E-state index is -4.94. The molecule has 0 aromatic carbocycles. The molecule has 0 radical (unpaired) electrons. The molecule has 0 aliphatic heterocycles. The average molecular weight is 197 g/mol. The summed E-state index contributed by atoms with van der Waals surface area (Å²) >= 11 is 0. The molecule has 13 heavy (non-hydrogen) atoms. The van der Waals surface area contributed by atoms with Crippen molar-refractivity contribution < 1.29 is 23.1 Å². The van der Waals surface area contributed by atoms with Gasteiger partial charge in [-0.1, -0.05) is 6.08 Å². The van der Waals surface area contributed by atoms with Crippen LogP contribution in [0, 0.1) is 0 Å². The molecular formula is C7H10F3NO2. The quantitative estimate of drug-likeness (QED) is 0.667. The van der Waals surface area contributed by atoms with E-state index in [-0.39, 0.29) is 6.42 Å². The summed E-state index contributed by atoms with van der Waals surface area (Å²) in [5, 5.41) is 8.32. The van der Waals surface area contributed by atoms with Gasteiger partial charge in [-0.25, -0.2) is 4.79 Å². The molecule has 1 atom stereocenters. The molecule has 0 unspecified atom stereocenters. The first-order valence-electron chi connectivity index (χ1n) is 3.45. The Morgan fingerprint density at radius 1 is 1.54 bits per heavy atom. The molecule has 0 saturated heterocycles. The highest BCUT2D eigenvalue weighted by molar-refractivity contribution is 5.79.